The van der Waals surface area contributed by atoms with Gasteiger partial charge in [-0.15, -0.1) is 0 Å². The Morgan fingerprint density at radius 1 is 1.07 bits per heavy atom. The SMILES string of the molecule is COc1cc2nc(N3CCc4ccccc4C3)nc(NCCO)c2cc1OC. The van der Waals surface area contributed by atoms with Crippen molar-refractivity contribution < 1.29 is 14.6 Å². The molecular weight excluding hydrogens is 356 g/mol. The maximum absolute atomic E-state index is 9.25. The molecule has 0 aliphatic carbocycles. The van der Waals surface area contributed by atoms with Gasteiger partial charge in [-0.25, -0.2) is 4.98 Å². The standard InChI is InChI=1S/C21H24N4O3/c1-27-18-11-16-17(12-19(18)28-2)23-21(24-20(16)22-8-10-26)25-9-7-14-5-3-4-6-15(14)13-25/h3-6,11-12,26H,7-10,13H2,1-2H3,(H,22,23,24). The third-order valence-electron chi connectivity index (χ3n) is 5.01. The summed E-state index contributed by atoms with van der Waals surface area (Å²) < 4.78 is 10.9. The van der Waals surface area contributed by atoms with E-state index in [1.165, 1.54) is 11.1 Å². The van der Waals surface area contributed by atoms with Crippen LogP contribution in [0, 0.1) is 0 Å². The number of hydrogen-bond donors (Lipinski definition) is 2. The van der Waals surface area contributed by atoms with Crippen molar-refractivity contribution in [3.63, 3.8) is 0 Å². The predicted octanol–water partition coefficient (Wildman–Crippen LogP) is 2.61. The summed E-state index contributed by atoms with van der Waals surface area (Å²) in [6, 6.07) is 12.2. The van der Waals surface area contributed by atoms with Crippen molar-refractivity contribution in [3.8, 4) is 11.5 Å². The average Bonchev–Trinajstić information content (AvgIpc) is 2.75. The number of methoxy groups -OCH3 is 2. The molecule has 7 nitrogen and oxygen atoms in total. The first kappa shape index (κ1) is 18.3. The quantitative estimate of drug-likeness (QED) is 0.680. The number of aliphatic hydroxyl groups is 1. The number of anilines is 2. The zero-order valence-electron chi connectivity index (χ0n) is 16.1. The second-order valence-electron chi connectivity index (χ2n) is 6.69. The van der Waals surface area contributed by atoms with Gasteiger partial charge >= 0.3 is 0 Å². The first-order chi connectivity index (χ1) is 13.7. The summed E-state index contributed by atoms with van der Waals surface area (Å²) in [6.45, 7) is 2.05. The van der Waals surface area contributed by atoms with Gasteiger partial charge in [-0.2, -0.15) is 4.98 Å². The molecule has 0 saturated heterocycles. The molecule has 1 aliphatic rings. The Morgan fingerprint density at radius 3 is 2.57 bits per heavy atom. The third-order valence-corrected chi connectivity index (χ3v) is 5.01. The molecule has 28 heavy (non-hydrogen) atoms. The molecule has 2 heterocycles. The smallest absolute Gasteiger partial charge is 0.228 e. The van der Waals surface area contributed by atoms with Crippen molar-refractivity contribution in [2.75, 3.05) is 44.1 Å². The summed E-state index contributed by atoms with van der Waals surface area (Å²) in [5, 5.41) is 13.3. The van der Waals surface area contributed by atoms with Crippen LogP contribution in [0.25, 0.3) is 10.9 Å². The van der Waals surface area contributed by atoms with Gasteiger partial charge in [-0.3, -0.25) is 0 Å². The number of hydrogen-bond acceptors (Lipinski definition) is 7. The molecule has 0 fully saturated rings. The van der Waals surface area contributed by atoms with Gasteiger partial charge in [0.25, 0.3) is 0 Å². The third kappa shape index (κ3) is 3.41. The van der Waals surface area contributed by atoms with Crippen LogP contribution in [-0.4, -0.2) is 49.0 Å². The van der Waals surface area contributed by atoms with Gasteiger partial charge < -0.3 is 24.8 Å². The van der Waals surface area contributed by atoms with Crippen molar-refractivity contribution in [2.45, 2.75) is 13.0 Å². The zero-order valence-corrected chi connectivity index (χ0v) is 16.1. The molecule has 1 aliphatic heterocycles. The van der Waals surface area contributed by atoms with Crippen molar-refractivity contribution in [1.82, 2.24) is 9.97 Å². The Morgan fingerprint density at radius 2 is 1.82 bits per heavy atom. The Balaban J connectivity index is 1.78. The minimum atomic E-state index is 0.0191. The molecule has 0 radical (unpaired) electrons. The van der Waals surface area contributed by atoms with E-state index in [1.807, 2.05) is 12.1 Å². The molecule has 7 heteroatoms. The minimum Gasteiger partial charge on any atom is -0.493 e. The topological polar surface area (TPSA) is 79.7 Å². The van der Waals surface area contributed by atoms with Crippen molar-refractivity contribution >= 4 is 22.7 Å². The van der Waals surface area contributed by atoms with Gasteiger partial charge in [0.1, 0.15) is 5.82 Å². The van der Waals surface area contributed by atoms with Crippen molar-refractivity contribution in [3.05, 3.63) is 47.5 Å². The van der Waals surface area contributed by atoms with E-state index in [0.717, 1.165) is 30.4 Å². The van der Waals surface area contributed by atoms with Crippen LogP contribution in [0.2, 0.25) is 0 Å². The van der Waals surface area contributed by atoms with E-state index in [0.29, 0.717) is 29.8 Å². The number of nitrogens with zero attached hydrogens (tertiary/aromatic N) is 3. The summed E-state index contributed by atoms with van der Waals surface area (Å²) >= 11 is 0. The van der Waals surface area contributed by atoms with E-state index in [4.69, 9.17) is 19.4 Å². The van der Waals surface area contributed by atoms with E-state index in [2.05, 4.69) is 34.5 Å². The molecule has 2 N–H and O–H groups in total. The maximum atomic E-state index is 9.25. The molecule has 0 saturated carbocycles. The lowest BCUT2D eigenvalue weighted by Crippen LogP contribution is -2.32. The van der Waals surface area contributed by atoms with Gasteiger partial charge in [-0.05, 0) is 23.6 Å². The molecule has 4 rings (SSSR count). The van der Waals surface area contributed by atoms with Crippen LogP contribution in [0.1, 0.15) is 11.1 Å². The van der Waals surface area contributed by atoms with Crippen LogP contribution in [0.3, 0.4) is 0 Å². The van der Waals surface area contributed by atoms with Crippen LogP contribution in [-0.2, 0) is 13.0 Å². The number of benzene rings is 2. The fourth-order valence-electron chi connectivity index (χ4n) is 3.56. The van der Waals surface area contributed by atoms with Crippen LogP contribution < -0.4 is 19.7 Å². The highest BCUT2D eigenvalue weighted by molar-refractivity contribution is 5.92. The van der Waals surface area contributed by atoms with Gasteiger partial charge in [0.15, 0.2) is 11.5 Å². The van der Waals surface area contributed by atoms with Crippen LogP contribution in [0.5, 0.6) is 11.5 Å². The van der Waals surface area contributed by atoms with Gasteiger partial charge in [0.2, 0.25) is 5.95 Å². The average molecular weight is 380 g/mol. The zero-order chi connectivity index (χ0) is 19.5. The summed E-state index contributed by atoms with van der Waals surface area (Å²) in [5.41, 5.74) is 3.45. The van der Waals surface area contributed by atoms with Gasteiger partial charge in [-0.1, -0.05) is 24.3 Å². The number of nitrogens with one attached hydrogen (secondary N) is 1. The number of aliphatic hydroxyl groups excluding tert-OH is 1. The van der Waals surface area contributed by atoms with E-state index >= 15 is 0 Å². The molecule has 0 spiro atoms. The number of aromatic nitrogens is 2. The Kier molecular flexibility index (Phi) is 5.16. The van der Waals surface area contributed by atoms with Crippen LogP contribution >= 0.6 is 0 Å². The fourth-order valence-corrected chi connectivity index (χ4v) is 3.56. The largest absolute Gasteiger partial charge is 0.493 e. The van der Waals surface area contributed by atoms with E-state index in [9.17, 15) is 5.11 Å². The second-order valence-corrected chi connectivity index (χ2v) is 6.69. The first-order valence-electron chi connectivity index (χ1n) is 9.33. The minimum absolute atomic E-state index is 0.0191. The van der Waals surface area contributed by atoms with E-state index < -0.39 is 0 Å². The predicted molar refractivity (Wildman–Crippen MR) is 109 cm³/mol. The molecule has 0 atom stereocenters. The molecular formula is C21H24N4O3. The van der Waals surface area contributed by atoms with Gasteiger partial charge in [0, 0.05) is 31.1 Å². The molecule has 0 amide bonds. The van der Waals surface area contributed by atoms with Crippen molar-refractivity contribution in [2.24, 2.45) is 0 Å². The van der Waals surface area contributed by atoms with E-state index in [-0.39, 0.29) is 6.61 Å². The Labute approximate surface area is 163 Å². The normalized spacial score (nSPS) is 13.3. The lowest BCUT2D eigenvalue weighted by molar-refractivity contribution is 0.311. The lowest BCUT2D eigenvalue weighted by Gasteiger charge is -2.29. The number of ether oxygens (including phenoxy) is 2. The lowest BCUT2D eigenvalue weighted by atomic mass is 10.0. The first-order valence-corrected chi connectivity index (χ1v) is 9.33. The Hall–Kier alpha value is -3.06. The van der Waals surface area contributed by atoms with Crippen LogP contribution in [0.4, 0.5) is 11.8 Å². The second kappa shape index (κ2) is 7.90. The number of fused-ring (bicyclic) bond motifs is 2. The summed E-state index contributed by atoms with van der Waals surface area (Å²) in [5.74, 6) is 2.57. The highest BCUT2D eigenvalue weighted by Crippen LogP contribution is 2.35. The summed E-state index contributed by atoms with van der Waals surface area (Å²) in [6.07, 6.45) is 0.961. The highest BCUT2D eigenvalue weighted by Gasteiger charge is 2.20. The molecule has 1 aromatic heterocycles. The monoisotopic (exact) mass is 380 g/mol. The molecule has 0 unspecified atom stereocenters. The number of rotatable bonds is 6. The molecule has 3 aromatic rings. The van der Waals surface area contributed by atoms with E-state index in [1.54, 1.807) is 14.2 Å². The summed E-state index contributed by atoms with van der Waals surface area (Å²) in [7, 11) is 3.21. The molecule has 0 bridgehead atoms. The Bertz CT molecular complexity index is 993. The van der Waals surface area contributed by atoms with Crippen molar-refractivity contribution in [1.29, 1.82) is 0 Å². The highest BCUT2D eigenvalue weighted by atomic mass is 16.5. The summed E-state index contributed by atoms with van der Waals surface area (Å²) in [4.78, 5) is 11.7. The maximum Gasteiger partial charge on any atom is 0.228 e. The fraction of sp³-hybridized carbons (Fsp3) is 0.333. The molecule has 146 valence electrons. The van der Waals surface area contributed by atoms with Gasteiger partial charge in [0.05, 0.1) is 26.3 Å². The molecule has 2 aromatic carbocycles. The van der Waals surface area contributed by atoms with Crippen LogP contribution in [0.15, 0.2) is 36.4 Å².